The van der Waals surface area contributed by atoms with Crippen LogP contribution >= 0.6 is 0 Å². The molecular formula is C19H23NO2. The first-order chi connectivity index (χ1) is 10.5. The van der Waals surface area contributed by atoms with Crippen LogP contribution in [0.25, 0.3) is 11.1 Å². The lowest BCUT2D eigenvalue weighted by atomic mass is 9.77. The van der Waals surface area contributed by atoms with Crippen LogP contribution in [0.15, 0.2) is 33.9 Å². The van der Waals surface area contributed by atoms with Crippen molar-refractivity contribution in [2.75, 3.05) is 5.32 Å². The predicted octanol–water partition coefficient (Wildman–Crippen LogP) is 3.49. The third kappa shape index (κ3) is 2.49. The minimum absolute atomic E-state index is 0.288. The highest BCUT2D eigenvalue weighted by atomic mass is 16.2. The molecule has 0 heterocycles. The Kier molecular flexibility index (Phi) is 3.90. The third-order valence-corrected chi connectivity index (χ3v) is 5.29. The van der Waals surface area contributed by atoms with Crippen LogP contribution in [-0.4, -0.2) is 6.04 Å². The van der Waals surface area contributed by atoms with E-state index in [9.17, 15) is 9.59 Å². The average Bonchev–Trinajstić information content (AvgIpc) is 2.52. The first kappa shape index (κ1) is 15.0. The molecule has 0 unspecified atom stereocenters. The Morgan fingerprint density at radius 3 is 2.36 bits per heavy atom. The molecule has 2 aromatic carbocycles. The van der Waals surface area contributed by atoms with Crippen LogP contribution in [0.2, 0.25) is 0 Å². The summed E-state index contributed by atoms with van der Waals surface area (Å²) in [5.74, 6) is 1.17. The number of hydrogen-bond acceptors (Lipinski definition) is 3. The summed E-state index contributed by atoms with van der Waals surface area (Å²) >= 11 is 0. The second-order valence-corrected chi connectivity index (χ2v) is 6.79. The molecule has 0 radical (unpaired) electrons. The molecule has 0 aliphatic heterocycles. The average molecular weight is 297 g/mol. The minimum atomic E-state index is -0.360. The van der Waals surface area contributed by atoms with Crippen molar-refractivity contribution in [3.63, 3.8) is 0 Å². The lowest BCUT2D eigenvalue weighted by molar-refractivity contribution is 0.253. The quantitative estimate of drug-likeness (QED) is 0.882. The molecule has 1 aliphatic rings. The molecule has 22 heavy (non-hydrogen) atoms. The molecule has 0 spiro atoms. The summed E-state index contributed by atoms with van der Waals surface area (Å²) in [5.41, 5.74) is 2.36. The van der Waals surface area contributed by atoms with Gasteiger partial charge in [0.05, 0.1) is 11.3 Å². The van der Waals surface area contributed by atoms with Crippen molar-refractivity contribution in [2.45, 2.75) is 46.1 Å². The maximum Gasteiger partial charge on any atom is 0.250 e. The highest BCUT2D eigenvalue weighted by Gasteiger charge is 2.30. The summed E-state index contributed by atoms with van der Waals surface area (Å²) in [4.78, 5) is 24.0. The molecule has 0 saturated heterocycles. The van der Waals surface area contributed by atoms with Crippen molar-refractivity contribution in [3.05, 3.63) is 50.3 Å². The number of benzene rings is 1. The highest BCUT2D eigenvalue weighted by molar-refractivity contribution is 5.82. The van der Waals surface area contributed by atoms with Gasteiger partial charge in [-0.25, -0.2) is 0 Å². The van der Waals surface area contributed by atoms with Crippen molar-refractivity contribution in [1.29, 1.82) is 0 Å². The van der Waals surface area contributed by atoms with Crippen LogP contribution in [0.3, 0.4) is 0 Å². The maximum absolute atomic E-state index is 12.0. The Morgan fingerprint density at radius 1 is 1.00 bits per heavy atom. The van der Waals surface area contributed by atoms with E-state index in [0.29, 0.717) is 23.1 Å². The molecule has 2 aromatic rings. The van der Waals surface area contributed by atoms with Gasteiger partial charge in [-0.15, -0.1) is 0 Å². The van der Waals surface area contributed by atoms with Gasteiger partial charge in [0, 0.05) is 6.04 Å². The Morgan fingerprint density at radius 2 is 1.68 bits per heavy atom. The van der Waals surface area contributed by atoms with Crippen molar-refractivity contribution in [1.82, 2.24) is 0 Å². The van der Waals surface area contributed by atoms with E-state index >= 15 is 0 Å². The summed E-state index contributed by atoms with van der Waals surface area (Å²) in [5, 5.41) is 3.39. The van der Waals surface area contributed by atoms with Crippen molar-refractivity contribution < 1.29 is 0 Å². The smallest absolute Gasteiger partial charge is 0.250 e. The van der Waals surface area contributed by atoms with Crippen LogP contribution in [0.5, 0.6) is 0 Å². The highest BCUT2D eigenvalue weighted by Crippen LogP contribution is 2.33. The van der Waals surface area contributed by atoms with Gasteiger partial charge in [-0.3, -0.25) is 9.59 Å². The maximum atomic E-state index is 12.0. The predicted molar refractivity (Wildman–Crippen MR) is 91.1 cm³/mol. The summed E-state index contributed by atoms with van der Waals surface area (Å²) in [6.07, 6.45) is 3.49. The van der Waals surface area contributed by atoms with Crippen molar-refractivity contribution in [2.24, 2.45) is 11.8 Å². The van der Waals surface area contributed by atoms with Gasteiger partial charge in [-0.1, -0.05) is 56.5 Å². The fourth-order valence-electron chi connectivity index (χ4n) is 3.50. The third-order valence-electron chi connectivity index (χ3n) is 5.29. The van der Waals surface area contributed by atoms with E-state index in [1.54, 1.807) is 0 Å². The van der Waals surface area contributed by atoms with Crippen LogP contribution in [0.4, 0.5) is 5.69 Å². The van der Waals surface area contributed by atoms with Gasteiger partial charge in [0.2, 0.25) is 10.9 Å². The van der Waals surface area contributed by atoms with Gasteiger partial charge in [-0.2, -0.15) is 0 Å². The monoisotopic (exact) mass is 297 g/mol. The fraction of sp³-hybridized carbons (Fsp3) is 0.474. The van der Waals surface area contributed by atoms with Gasteiger partial charge in [-0.05, 0) is 30.7 Å². The topological polar surface area (TPSA) is 46.2 Å². The minimum Gasteiger partial charge on any atom is -0.378 e. The molecule has 3 rings (SSSR count). The van der Waals surface area contributed by atoms with E-state index in [0.717, 1.165) is 17.5 Å². The van der Waals surface area contributed by atoms with E-state index in [-0.39, 0.29) is 16.9 Å². The second-order valence-electron chi connectivity index (χ2n) is 6.79. The fourth-order valence-corrected chi connectivity index (χ4v) is 3.50. The first-order valence-electron chi connectivity index (χ1n) is 8.16. The summed E-state index contributed by atoms with van der Waals surface area (Å²) < 4.78 is 0. The Labute approximate surface area is 131 Å². The summed E-state index contributed by atoms with van der Waals surface area (Å²) in [6.45, 7) is 6.51. The van der Waals surface area contributed by atoms with E-state index in [4.69, 9.17) is 0 Å². The van der Waals surface area contributed by atoms with Gasteiger partial charge in [0.15, 0.2) is 0 Å². The largest absolute Gasteiger partial charge is 0.378 e. The lowest BCUT2D eigenvalue weighted by Gasteiger charge is -2.35. The molecule has 1 saturated carbocycles. The Bertz CT molecular complexity index is 738. The van der Waals surface area contributed by atoms with Crippen LogP contribution in [-0.2, 0) is 0 Å². The second kappa shape index (κ2) is 5.71. The SMILES string of the molecule is Cc1ccc(-c2c(N[C@@H]3CCC[C@H](C)[C@@H]3C)c(=O)c2=O)cc1. The van der Waals surface area contributed by atoms with E-state index in [2.05, 4.69) is 19.2 Å². The number of aryl methyl sites for hydroxylation is 1. The lowest BCUT2D eigenvalue weighted by Crippen LogP contribution is -2.42. The molecule has 0 bridgehead atoms. The Balaban J connectivity index is 1.89. The molecular weight excluding hydrogens is 274 g/mol. The molecule has 3 nitrogen and oxygen atoms in total. The van der Waals surface area contributed by atoms with Crippen LogP contribution in [0.1, 0.15) is 38.7 Å². The van der Waals surface area contributed by atoms with E-state index < -0.39 is 0 Å². The zero-order valence-corrected chi connectivity index (χ0v) is 13.5. The van der Waals surface area contributed by atoms with Gasteiger partial charge < -0.3 is 5.32 Å². The van der Waals surface area contributed by atoms with Gasteiger partial charge >= 0.3 is 0 Å². The number of nitrogens with one attached hydrogen (secondary N) is 1. The van der Waals surface area contributed by atoms with Crippen molar-refractivity contribution >= 4 is 5.69 Å². The molecule has 3 heteroatoms. The molecule has 0 aromatic heterocycles. The van der Waals surface area contributed by atoms with E-state index in [1.165, 1.54) is 12.8 Å². The molecule has 3 atom stereocenters. The van der Waals surface area contributed by atoms with E-state index in [1.807, 2.05) is 31.2 Å². The molecule has 116 valence electrons. The zero-order chi connectivity index (χ0) is 15.9. The Hall–Kier alpha value is -1.90. The molecule has 1 fully saturated rings. The summed E-state index contributed by atoms with van der Waals surface area (Å²) in [7, 11) is 0. The standard InChI is InChI=1S/C19H23NO2/c1-11-7-9-14(10-8-11)16-17(19(22)18(16)21)20-15-6-4-5-12(2)13(15)3/h7-10,12-13,15,20H,4-6H2,1-3H3/t12-,13-,15+/m0/s1. The molecule has 1 aliphatic carbocycles. The summed E-state index contributed by atoms with van der Waals surface area (Å²) in [6, 6.07) is 8.08. The van der Waals surface area contributed by atoms with Gasteiger partial charge in [0.1, 0.15) is 0 Å². The number of hydrogen-bond donors (Lipinski definition) is 1. The van der Waals surface area contributed by atoms with Gasteiger partial charge in [0.25, 0.3) is 0 Å². The first-order valence-corrected chi connectivity index (χ1v) is 8.16. The number of rotatable bonds is 3. The molecule has 1 N–H and O–H groups in total. The molecule has 0 amide bonds. The number of anilines is 1. The zero-order valence-electron chi connectivity index (χ0n) is 13.5. The normalized spacial score (nSPS) is 25.3. The van der Waals surface area contributed by atoms with Crippen LogP contribution < -0.4 is 16.2 Å². The van der Waals surface area contributed by atoms with Crippen molar-refractivity contribution in [3.8, 4) is 11.1 Å². The van der Waals surface area contributed by atoms with Crippen LogP contribution in [0, 0.1) is 18.8 Å².